The molecule has 6 heteroatoms. The Labute approximate surface area is 104 Å². The number of aromatic carboxylic acids is 1. The number of nitrogens with one attached hydrogen (secondary N) is 1. The first kappa shape index (κ1) is 12.5. The van der Waals surface area contributed by atoms with E-state index in [0.717, 1.165) is 12.8 Å². The van der Waals surface area contributed by atoms with Crippen LogP contribution in [-0.4, -0.2) is 41.2 Å². The van der Waals surface area contributed by atoms with Crippen LogP contribution in [0.1, 0.15) is 33.7 Å². The van der Waals surface area contributed by atoms with Gasteiger partial charge in [0, 0.05) is 25.5 Å². The summed E-state index contributed by atoms with van der Waals surface area (Å²) in [7, 11) is 0. The second-order valence-electron chi connectivity index (χ2n) is 4.06. The molecule has 96 valence electrons. The predicted octanol–water partition coefficient (Wildman–Crippen LogP) is 0.689. The predicted molar refractivity (Wildman–Crippen MR) is 62.5 cm³/mol. The van der Waals surface area contributed by atoms with Crippen molar-refractivity contribution < 1.29 is 19.4 Å². The molecular formula is C12H14N2O4. The molecule has 0 bridgehead atoms. The molecule has 1 aromatic heterocycles. The maximum absolute atomic E-state index is 12.0. The van der Waals surface area contributed by atoms with Gasteiger partial charge in [0.15, 0.2) is 0 Å². The van der Waals surface area contributed by atoms with Crippen LogP contribution >= 0.6 is 0 Å². The summed E-state index contributed by atoms with van der Waals surface area (Å²) in [5.74, 6) is -1.60. The number of carbonyl (C=O) groups is 2. The first-order chi connectivity index (χ1) is 8.68. The van der Waals surface area contributed by atoms with Crippen molar-refractivity contribution in [2.45, 2.75) is 18.9 Å². The minimum Gasteiger partial charge on any atom is -0.478 e. The van der Waals surface area contributed by atoms with Gasteiger partial charge in [0.2, 0.25) is 0 Å². The van der Waals surface area contributed by atoms with E-state index in [0.29, 0.717) is 13.2 Å². The number of carbonyl (C=O) groups excluding carboxylic acids is 1. The number of amides is 1. The van der Waals surface area contributed by atoms with Crippen LogP contribution in [0, 0.1) is 0 Å². The number of carboxylic acids is 1. The van der Waals surface area contributed by atoms with Crippen LogP contribution < -0.4 is 5.32 Å². The van der Waals surface area contributed by atoms with Crippen molar-refractivity contribution in [2.75, 3.05) is 13.2 Å². The molecule has 0 atom stereocenters. The average Bonchev–Trinajstić information content (AvgIpc) is 2.40. The Hall–Kier alpha value is -1.95. The van der Waals surface area contributed by atoms with Crippen molar-refractivity contribution in [1.29, 1.82) is 0 Å². The molecule has 2 N–H and O–H groups in total. The third-order valence-corrected chi connectivity index (χ3v) is 2.81. The lowest BCUT2D eigenvalue weighted by atomic mass is 10.1. The van der Waals surface area contributed by atoms with Gasteiger partial charge in [-0.05, 0) is 25.0 Å². The lowest BCUT2D eigenvalue weighted by molar-refractivity contribution is 0.0664. The van der Waals surface area contributed by atoms with Gasteiger partial charge in [0.05, 0.1) is 5.56 Å². The molecule has 18 heavy (non-hydrogen) atoms. The smallest absolute Gasteiger partial charge is 0.338 e. The van der Waals surface area contributed by atoms with Crippen molar-refractivity contribution in [3.05, 3.63) is 29.6 Å². The number of ether oxygens (including phenoxy) is 1. The molecule has 1 fully saturated rings. The summed E-state index contributed by atoms with van der Waals surface area (Å²) in [6.07, 6.45) is 2.88. The highest BCUT2D eigenvalue weighted by atomic mass is 16.5. The molecule has 0 aromatic carbocycles. The van der Waals surface area contributed by atoms with Crippen LogP contribution in [-0.2, 0) is 4.74 Å². The van der Waals surface area contributed by atoms with Crippen molar-refractivity contribution in [2.24, 2.45) is 0 Å². The normalized spacial score (nSPS) is 16.2. The fourth-order valence-electron chi connectivity index (χ4n) is 1.85. The zero-order chi connectivity index (χ0) is 13.0. The second kappa shape index (κ2) is 5.59. The summed E-state index contributed by atoms with van der Waals surface area (Å²) in [4.78, 5) is 26.8. The summed E-state index contributed by atoms with van der Waals surface area (Å²) >= 11 is 0. The summed E-state index contributed by atoms with van der Waals surface area (Å²) in [6.45, 7) is 1.22. The molecule has 1 aromatic rings. The molecule has 0 saturated carbocycles. The second-order valence-corrected chi connectivity index (χ2v) is 4.06. The summed E-state index contributed by atoms with van der Waals surface area (Å²) in [5.41, 5.74) is -0.126. The van der Waals surface area contributed by atoms with E-state index in [2.05, 4.69) is 10.3 Å². The van der Waals surface area contributed by atoms with Crippen LogP contribution in [0.15, 0.2) is 18.3 Å². The molecular weight excluding hydrogens is 236 g/mol. The summed E-state index contributed by atoms with van der Waals surface area (Å²) in [6, 6.07) is 2.89. The topological polar surface area (TPSA) is 88.5 Å². The van der Waals surface area contributed by atoms with Gasteiger partial charge in [0.1, 0.15) is 5.69 Å². The molecule has 0 unspecified atom stereocenters. The van der Waals surface area contributed by atoms with Gasteiger partial charge in [-0.25, -0.2) is 4.79 Å². The molecule has 2 heterocycles. The van der Waals surface area contributed by atoms with Gasteiger partial charge >= 0.3 is 5.97 Å². The van der Waals surface area contributed by atoms with Crippen molar-refractivity contribution in [1.82, 2.24) is 10.3 Å². The zero-order valence-corrected chi connectivity index (χ0v) is 9.76. The van der Waals surface area contributed by atoms with Gasteiger partial charge in [-0.1, -0.05) is 0 Å². The maximum Gasteiger partial charge on any atom is 0.338 e. The highest BCUT2D eigenvalue weighted by Crippen LogP contribution is 2.09. The Balaban J connectivity index is 2.10. The number of carboxylic acid groups (broad SMARTS) is 1. The number of hydrogen-bond donors (Lipinski definition) is 2. The van der Waals surface area contributed by atoms with Gasteiger partial charge in [0.25, 0.3) is 5.91 Å². The lowest BCUT2D eigenvalue weighted by Gasteiger charge is -2.23. The van der Waals surface area contributed by atoms with E-state index in [9.17, 15) is 9.59 Å². The van der Waals surface area contributed by atoms with Gasteiger partial charge in [-0.3, -0.25) is 9.78 Å². The first-order valence-corrected chi connectivity index (χ1v) is 5.75. The fourth-order valence-corrected chi connectivity index (χ4v) is 1.85. The average molecular weight is 250 g/mol. The van der Waals surface area contributed by atoms with E-state index >= 15 is 0 Å². The monoisotopic (exact) mass is 250 g/mol. The Morgan fingerprint density at radius 2 is 2.11 bits per heavy atom. The fraction of sp³-hybridized carbons (Fsp3) is 0.417. The van der Waals surface area contributed by atoms with E-state index in [4.69, 9.17) is 9.84 Å². The summed E-state index contributed by atoms with van der Waals surface area (Å²) in [5, 5.41) is 11.8. The molecule has 6 nitrogen and oxygen atoms in total. The summed E-state index contributed by atoms with van der Waals surface area (Å²) < 4.78 is 5.19. The van der Waals surface area contributed by atoms with Crippen molar-refractivity contribution >= 4 is 11.9 Å². The third-order valence-electron chi connectivity index (χ3n) is 2.81. The lowest BCUT2D eigenvalue weighted by Crippen LogP contribution is -2.39. The Bertz CT molecular complexity index is 455. The van der Waals surface area contributed by atoms with Gasteiger partial charge in [-0.15, -0.1) is 0 Å². The van der Waals surface area contributed by atoms with Gasteiger partial charge in [-0.2, -0.15) is 0 Å². The maximum atomic E-state index is 12.0. The van der Waals surface area contributed by atoms with Gasteiger partial charge < -0.3 is 15.2 Å². The van der Waals surface area contributed by atoms with E-state index in [-0.39, 0.29) is 17.3 Å². The molecule has 1 saturated heterocycles. The minimum atomic E-state index is -1.15. The van der Waals surface area contributed by atoms with E-state index < -0.39 is 11.9 Å². The first-order valence-electron chi connectivity index (χ1n) is 5.75. The highest BCUT2D eigenvalue weighted by molar-refractivity contribution is 6.03. The molecule has 0 aliphatic carbocycles. The van der Waals surface area contributed by atoms with Crippen LogP contribution in [0.25, 0.3) is 0 Å². The van der Waals surface area contributed by atoms with Crippen molar-refractivity contribution in [3.63, 3.8) is 0 Å². The molecule has 1 aliphatic rings. The zero-order valence-electron chi connectivity index (χ0n) is 9.76. The number of aromatic nitrogens is 1. The quantitative estimate of drug-likeness (QED) is 0.823. The van der Waals surface area contributed by atoms with Crippen LogP contribution in [0.4, 0.5) is 0 Å². The third kappa shape index (κ3) is 2.84. The Morgan fingerprint density at radius 1 is 1.39 bits per heavy atom. The Morgan fingerprint density at radius 3 is 2.78 bits per heavy atom. The Kier molecular flexibility index (Phi) is 3.88. The highest BCUT2D eigenvalue weighted by Gasteiger charge is 2.21. The number of pyridine rings is 1. The molecule has 0 spiro atoms. The minimum absolute atomic E-state index is 0.0231. The van der Waals surface area contributed by atoms with Crippen LogP contribution in [0.3, 0.4) is 0 Å². The molecule has 1 amide bonds. The SMILES string of the molecule is O=C(O)c1cccnc1C(=O)NC1CCOCC1. The molecule has 2 rings (SSSR count). The largest absolute Gasteiger partial charge is 0.478 e. The molecule has 0 radical (unpaired) electrons. The van der Waals surface area contributed by atoms with E-state index in [1.807, 2.05) is 0 Å². The number of rotatable bonds is 3. The van der Waals surface area contributed by atoms with E-state index in [1.165, 1.54) is 18.3 Å². The van der Waals surface area contributed by atoms with Crippen LogP contribution in [0.5, 0.6) is 0 Å². The van der Waals surface area contributed by atoms with Crippen LogP contribution in [0.2, 0.25) is 0 Å². The van der Waals surface area contributed by atoms with E-state index in [1.54, 1.807) is 0 Å². The number of hydrogen-bond acceptors (Lipinski definition) is 4. The van der Waals surface area contributed by atoms with Crippen molar-refractivity contribution in [3.8, 4) is 0 Å². The molecule has 1 aliphatic heterocycles. The standard InChI is InChI=1S/C12H14N2O4/c15-11(14-8-3-6-18-7-4-8)10-9(12(16)17)2-1-5-13-10/h1-2,5,8H,3-4,6-7H2,(H,14,15)(H,16,17). The number of nitrogens with zero attached hydrogens (tertiary/aromatic N) is 1.